The molecule has 1 aliphatic rings. The van der Waals surface area contributed by atoms with Crippen LogP contribution < -0.4 is 5.56 Å². The van der Waals surface area contributed by atoms with E-state index < -0.39 is 0 Å². The summed E-state index contributed by atoms with van der Waals surface area (Å²) in [6, 6.07) is 0. The van der Waals surface area contributed by atoms with Crippen LogP contribution in [0, 0.1) is 0 Å². The van der Waals surface area contributed by atoms with E-state index in [0.29, 0.717) is 12.3 Å². The second-order valence-electron chi connectivity index (χ2n) is 6.44. The Morgan fingerprint density at radius 3 is 2.88 bits per heavy atom. The molecular weight excluding hydrogens is 368 g/mol. The number of hydrogen-bond donors (Lipinski definition) is 0. The Morgan fingerprint density at radius 1 is 1.23 bits per heavy atom. The highest BCUT2D eigenvalue weighted by molar-refractivity contribution is 7.98. The van der Waals surface area contributed by atoms with Crippen LogP contribution in [0.4, 0.5) is 0 Å². The van der Waals surface area contributed by atoms with E-state index in [9.17, 15) is 4.79 Å². The minimum Gasteiger partial charge on any atom is -0.287 e. The fraction of sp³-hybridized carbons (Fsp3) is 0.588. The van der Waals surface area contributed by atoms with Crippen LogP contribution in [0.2, 0.25) is 0 Å². The van der Waals surface area contributed by atoms with Crippen LogP contribution in [0.25, 0.3) is 10.2 Å². The lowest BCUT2D eigenvalue weighted by molar-refractivity contribution is 0.564. The van der Waals surface area contributed by atoms with E-state index in [0.717, 1.165) is 47.0 Å². The van der Waals surface area contributed by atoms with E-state index in [1.807, 2.05) is 11.6 Å². The quantitative estimate of drug-likeness (QED) is 0.475. The SMILES string of the molecule is CCCn1nnnc1CSc1nc2sc3c(c2c(=O)n1CC)CCCC3. The molecule has 3 aromatic rings. The molecule has 0 radical (unpaired) electrons. The van der Waals surface area contributed by atoms with E-state index in [2.05, 4.69) is 22.4 Å². The van der Waals surface area contributed by atoms with Gasteiger partial charge in [-0.25, -0.2) is 9.67 Å². The standard InChI is InChI=1S/C17H22N6OS2/c1-3-9-23-13(19-20-21-23)10-25-17-18-15-14(16(24)22(17)4-2)11-7-5-6-8-12(11)26-15/h3-10H2,1-2H3. The first kappa shape index (κ1) is 17.7. The summed E-state index contributed by atoms with van der Waals surface area (Å²) in [5.74, 6) is 1.43. The molecule has 0 atom stereocenters. The summed E-state index contributed by atoms with van der Waals surface area (Å²) in [6.07, 6.45) is 5.45. The molecule has 3 heterocycles. The van der Waals surface area contributed by atoms with Gasteiger partial charge in [0, 0.05) is 18.0 Å². The normalized spacial score (nSPS) is 14.1. The number of rotatable bonds is 6. The molecule has 0 saturated heterocycles. The van der Waals surface area contributed by atoms with E-state index >= 15 is 0 Å². The Hall–Kier alpha value is -1.74. The van der Waals surface area contributed by atoms with Crippen LogP contribution in [0.15, 0.2) is 9.95 Å². The van der Waals surface area contributed by atoms with Crippen molar-refractivity contribution in [1.29, 1.82) is 0 Å². The van der Waals surface area contributed by atoms with Crippen LogP contribution >= 0.6 is 23.1 Å². The fourth-order valence-corrected chi connectivity index (χ4v) is 5.75. The summed E-state index contributed by atoms with van der Waals surface area (Å²) >= 11 is 3.24. The molecule has 0 saturated carbocycles. The molecule has 0 fully saturated rings. The molecule has 0 N–H and O–H groups in total. The van der Waals surface area contributed by atoms with Crippen molar-refractivity contribution in [2.24, 2.45) is 0 Å². The van der Waals surface area contributed by atoms with Gasteiger partial charge in [-0.05, 0) is 55.0 Å². The minimum absolute atomic E-state index is 0.104. The molecule has 0 unspecified atom stereocenters. The summed E-state index contributed by atoms with van der Waals surface area (Å²) in [4.78, 5) is 20.2. The van der Waals surface area contributed by atoms with Gasteiger partial charge in [-0.2, -0.15) is 0 Å². The highest BCUT2D eigenvalue weighted by atomic mass is 32.2. The predicted molar refractivity (Wildman–Crippen MR) is 104 cm³/mol. The highest BCUT2D eigenvalue weighted by Crippen LogP contribution is 2.34. The number of nitrogens with zero attached hydrogens (tertiary/aromatic N) is 6. The van der Waals surface area contributed by atoms with Gasteiger partial charge in [0.25, 0.3) is 5.56 Å². The van der Waals surface area contributed by atoms with E-state index in [1.165, 1.54) is 35.0 Å². The van der Waals surface area contributed by atoms with Crippen molar-refractivity contribution < 1.29 is 0 Å². The Labute approximate surface area is 159 Å². The van der Waals surface area contributed by atoms with Crippen LogP contribution in [0.1, 0.15) is 49.4 Å². The molecule has 26 heavy (non-hydrogen) atoms. The average Bonchev–Trinajstić information content (AvgIpc) is 3.24. The first-order valence-electron chi connectivity index (χ1n) is 9.15. The molecule has 7 nitrogen and oxygen atoms in total. The van der Waals surface area contributed by atoms with E-state index in [1.54, 1.807) is 15.9 Å². The molecule has 0 bridgehead atoms. The predicted octanol–water partition coefficient (Wildman–Crippen LogP) is 3.05. The van der Waals surface area contributed by atoms with Crippen molar-refractivity contribution in [1.82, 2.24) is 29.8 Å². The molecule has 9 heteroatoms. The zero-order chi connectivity index (χ0) is 18.1. The second-order valence-corrected chi connectivity index (χ2v) is 8.47. The number of hydrogen-bond acceptors (Lipinski definition) is 7. The zero-order valence-corrected chi connectivity index (χ0v) is 16.7. The summed E-state index contributed by atoms with van der Waals surface area (Å²) in [7, 11) is 0. The number of thiophene rings is 1. The molecule has 1 aliphatic carbocycles. The van der Waals surface area contributed by atoms with Crippen molar-refractivity contribution in [2.45, 2.75) is 70.0 Å². The van der Waals surface area contributed by atoms with Gasteiger partial charge in [-0.1, -0.05) is 18.7 Å². The van der Waals surface area contributed by atoms with Gasteiger partial charge in [0.05, 0.1) is 11.1 Å². The van der Waals surface area contributed by atoms with Crippen molar-refractivity contribution in [3.63, 3.8) is 0 Å². The lowest BCUT2D eigenvalue weighted by atomic mass is 9.97. The zero-order valence-electron chi connectivity index (χ0n) is 15.1. The Morgan fingerprint density at radius 2 is 2.08 bits per heavy atom. The van der Waals surface area contributed by atoms with Crippen LogP contribution in [0.3, 0.4) is 0 Å². The van der Waals surface area contributed by atoms with Crippen molar-refractivity contribution >= 4 is 33.3 Å². The molecule has 4 rings (SSSR count). The summed E-state index contributed by atoms with van der Waals surface area (Å²) < 4.78 is 3.62. The molecule has 138 valence electrons. The highest BCUT2D eigenvalue weighted by Gasteiger charge is 2.22. The van der Waals surface area contributed by atoms with Gasteiger partial charge in [-0.15, -0.1) is 16.4 Å². The molecule has 0 amide bonds. The lowest BCUT2D eigenvalue weighted by Gasteiger charge is -2.12. The maximum absolute atomic E-state index is 13.1. The number of thioether (sulfide) groups is 1. The average molecular weight is 391 g/mol. The second kappa shape index (κ2) is 7.48. The first-order valence-corrected chi connectivity index (χ1v) is 11.0. The van der Waals surface area contributed by atoms with Gasteiger partial charge in [-0.3, -0.25) is 9.36 Å². The largest absolute Gasteiger partial charge is 0.287 e. The number of tetrazole rings is 1. The van der Waals surface area contributed by atoms with Gasteiger partial charge in [0.15, 0.2) is 11.0 Å². The molecule has 3 aromatic heterocycles. The third kappa shape index (κ3) is 3.07. The van der Waals surface area contributed by atoms with Gasteiger partial charge in [0.2, 0.25) is 0 Å². The Bertz CT molecular complexity index is 989. The van der Waals surface area contributed by atoms with Crippen LogP contribution in [-0.2, 0) is 31.7 Å². The smallest absolute Gasteiger partial charge is 0.263 e. The van der Waals surface area contributed by atoms with Gasteiger partial charge in [0.1, 0.15) is 4.83 Å². The number of aryl methyl sites for hydroxylation is 3. The lowest BCUT2D eigenvalue weighted by Crippen LogP contribution is -2.23. The molecule has 0 aromatic carbocycles. The van der Waals surface area contributed by atoms with Crippen LogP contribution in [-0.4, -0.2) is 29.8 Å². The van der Waals surface area contributed by atoms with Gasteiger partial charge >= 0.3 is 0 Å². The Balaban J connectivity index is 1.70. The number of fused-ring (bicyclic) bond motifs is 3. The first-order chi connectivity index (χ1) is 12.7. The molecule has 0 spiro atoms. The van der Waals surface area contributed by atoms with Crippen molar-refractivity contribution in [3.05, 3.63) is 26.6 Å². The maximum Gasteiger partial charge on any atom is 0.263 e. The topological polar surface area (TPSA) is 78.5 Å². The minimum atomic E-state index is 0.104. The number of aromatic nitrogens is 6. The summed E-state index contributed by atoms with van der Waals surface area (Å²) in [5, 5.41) is 13.5. The maximum atomic E-state index is 13.1. The summed E-state index contributed by atoms with van der Waals surface area (Å²) in [5.41, 5.74) is 1.35. The molecular formula is C17H22N6OS2. The van der Waals surface area contributed by atoms with Crippen molar-refractivity contribution in [2.75, 3.05) is 0 Å². The summed E-state index contributed by atoms with van der Waals surface area (Å²) in [6.45, 7) is 5.52. The molecule has 0 aliphatic heterocycles. The van der Waals surface area contributed by atoms with Crippen LogP contribution in [0.5, 0.6) is 0 Å². The third-order valence-electron chi connectivity index (χ3n) is 4.73. The Kier molecular flexibility index (Phi) is 5.08. The monoisotopic (exact) mass is 390 g/mol. The van der Waals surface area contributed by atoms with Crippen molar-refractivity contribution in [3.8, 4) is 0 Å². The fourth-order valence-electron chi connectivity index (χ4n) is 3.45. The van der Waals surface area contributed by atoms with E-state index in [4.69, 9.17) is 4.98 Å². The third-order valence-corrected chi connectivity index (χ3v) is 6.89. The van der Waals surface area contributed by atoms with E-state index in [-0.39, 0.29) is 5.56 Å². The van der Waals surface area contributed by atoms with Gasteiger partial charge < -0.3 is 0 Å².